The quantitative estimate of drug-likeness (QED) is 0.330. The van der Waals surface area contributed by atoms with Gasteiger partial charge in [0, 0.05) is 41.6 Å². The molecule has 0 amide bonds. The van der Waals surface area contributed by atoms with E-state index in [1.807, 2.05) is 30.6 Å². The molecule has 35 heavy (non-hydrogen) atoms. The van der Waals surface area contributed by atoms with Crippen molar-refractivity contribution in [2.45, 2.75) is 25.8 Å². The van der Waals surface area contributed by atoms with Gasteiger partial charge in [-0.3, -0.25) is 9.97 Å². The van der Waals surface area contributed by atoms with Crippen molar-refractivity contribution in [1.82, 2.24) is 29.4 Å². The van der Waals surface area contributed by atoms with Crippen LogP contribution in [0.4, 0.5) is 0 Å². The summed E-state index contributed by atoms with van der Waals surface area (Å²) in [5, 5.41) is 3.02. The van der Waals surface area contributed by atoms with E-state index in [-0.39, 0.29) is 0 Å². The number of pyridine rings is 2. The lowest BCUT2D eigenvalue weighted by atomic mass is 10.1. The molecule has 0 spiro atoms. The zero-order valence-corrected chi connectivity index (χ0v) is 19.7. The molecule has 0 atom stereocenters. The molecule has 7 nitrogen and oxygen atoms in total. The normalized spacial score (nSPS) is 15.1. The molecule has 1 fully saturated rings. The highest BCUT2D eigenvalue weighted by atomic mass is 16.5. The monoisotopic (exact) mass is 462 g/mol. The van der Waals surface area contributed by atoms with Crippen LogP contribution in [0.3, 0.4) is 0 Å². The van der Waals surface area contributed by atoms with Gasteiger partial charge in [-0.05, 0) is 68.4 Å². The maximum absolute atomic E-state index is 5.57. The van der Waals surface area contributed by atoms with Gasteiger partial charge >= 0.3 is 0 Å². The first kappa shape index (κ1) is 20.5. The number of hydrogen-bond acceptors (Lipinski definition) is 6. The molecule has 7 rings (SSSR count). The number of ether oxygens (including phenoxy) is 1. The molecular weight excluding hydrogens is 436 g/mol. The minimum atomic E-state index is 0.823. The molecule has 1 aliphatic heterocycles. The number of likely N-dealkylation sites (tertiary alicyclic amines) is 1. The minimum Gasteiger partial charge on any atom is -0.497 e. The van der Waals surface area contributed by atoms with E-state index in [0.717, 1.165) is 73.7 Å². The number of hydrogen-bond donors (Lipinski definition) is 0. The Hall–Kier alpha value is -3.84. The van der Waals surface area contributed by atoms with Gasteiger partial charge in [0.25, 0.3) is 0 Å². The summed E-state index contributed by atoms with van der Waals surface area (Å²) in [7, 11) is 1.70. The van der Waals surface area contributed by atoms with E-state index in [0.29, 0.717) is 0 Å². The summed E-state index contributed by atoms with van der Waals surface area (Å²) < 4.78 is 7.90. The van der Waals surface area contributed by atoms with Crippen molar-refractivity contribution in [2.75, 3.05) is 26.7 Å². The summed E-state index contributed by atoms with van der Waals surface area (Å²) in [6, 6.07) is 14.3. The minimum absolute atomic E-state index is 0.823. The average molecular weight is 463 g/mol. The van der Waals surface area contributed by atoms with Gasteiger partial charge in [-0.15, -0.1) is 0 Å². The largest absolute Gasteiger partial charge is 0.497 e. The van der Waals surface area contributed by atoms with Crippen LogP contribution in [0.2, 0.25) is 0 Å². The van der Waals surface area contributed by atoms with Crippen LogP contribution in [0, 0.1) is 0 Å². The fraction of sp³-hybridized carbons (Fsp3) is 0.286. The Morgan fingerprint density at radius 2 is 1.46 bits per heavy atom. The van der Waals surface area contributed by atoms with E-state index in [9.17, 15) is 0 Å². The first-order chi connectivity index (χ1) is 17.3. The maximum atomic E-state index is 5.57. The lowest BCUT2D eigenvalue weighted by Crippen LogP contribution is -2.32. The molecule has 174 valence electrons. The lowest BCUT2D eigenvalue weighted by Gasteiger charge is -2.26. The van der Waals surface area contributed by atoms with E-state index >= 15 is 0 Å². The molecule has 0 saturated carbocycles. The van der Waals surface area contributed by atoms with Gasteiger partial charge in [0.1, 0.15) is 16.8 Å². The smallest absolute Gasteiger partial charge is 0.160 e. The molecule has 7 heteroatoms. The van der Waals surface area contributed by atoms with E-state index in [2.05, 4.69) is 43.7 Å². The highest BCUT2D eigenvalue weighted by Gasteiger charge is 2.20. The predicted octanol–water partition coefficient (Wildman–Crippen LogP) is 5.33. The Morgan fingerprint density at radius 3 is 2.17 bits per heavy atom. The fourth-order valence-electron chi connectivity index (χ4n) is 5.57. The van der Waals surface area contributed by atoms with Crippen molar-refractivity contribution in [2.24, 2.45) is 0 Å². The summed E-state index contributed by atoms with van der Waals surface area (Å²) in [4.78, 5) is 22.4. The van der Waals surface area contributed by atoms with Crippen LogP contribution in [-0.4, -0.2) is 56.1 Å². The summed E-state index contributed by atoms with van der Waals surface area (Å²) in [5.74, 6) is 0.823. The van der Waals surface area contributed by atoms with Crippen LogP contribution < -0.4 is 4.74 Å². The Bertz CT molecular complexity index is 1730. The van der Waals surface area contributed by atoms with Crippen LogP contribution in [0.5, 0.6) is 5.75 Å². The average Bonchev–Trinajstić information content (AvgIpc) is 3.23. The number of rotatable bonds is 4. The lowest BCUT2D eigenvalue weighted by molar-refractivity contribution is 0.222. The molecule has 1 aliphatic rings. The number of piperidine rings is 1. The van der Waals surface area contributed by atoms with Crippen molar-refractivity contribution in [3.05, 3.63) is 54.9 Å². The second-order valence-corrected chi connectivity index (χ2v) is 9.33. The van der Waals surface area contributed by atoms with E-state index < -0.39 is 0 Å². The van der Waals surface area contributed by atoms with Crippen LogP contribution in [0.1, 0.15) is 19.3 Å². The van der Waals surface area contributed by atoms with E-state index in [1.165, 1.54) is 32.4 Å². The van der Waals surface area contributed by atoms with Gasteiger partial charge in [0.15, 0.2) is 5.65 Å². The Kier molecular flexibility index (Phi) is 4.77. The van der Waals surface area contributed by atoms with Gasteiger partial charge in [-0.25, -0.2) is 9.97 Å². The summed E-state index contributed by atoms with van der Waals surface area (Å²) in [6.45, 7) is 4.23. The summed E-state index contributed by atoms with van der Waals surface area (Å²) in [6.07, 6.45) is 7.54. The van der Waals surface area contributed by atoms with Gasteiger partial charge in [0.2, 0.25) is 0 Å². The van der Waals surface area contributed by atoms with Gasteiger partial charge in [-0.1, -0.05) is 6.42 Å². The van der Waals surface area contributed by atoms with E-state index in [1.54, 1.807) is 7.11 Å². The second kappa shape index (κ2) is 8.13. The summed E-state index contributed by atoms with van der Waals surface area (Å²) >= 11 is 0. The standard InChI is InChI=1S/C28H26N6O/c1-35-18-9-10-22-21(17-18)27-28(34(22)16-15-33-13-3-2-4-14-33)32-26-20-8-6-12-30-24(20)23-19(25(26)31-27)7-5-11-29-23/h5-12,17H,2-4,13-16H2,1H3. The van der Waals surface area contributed by atoms with Gasteiger partial charge in [0.05, 0.1) is 29.2 Å². The zero-order chi connectivity index (χ0) is 23.4. The Balaban J connectivity index is 1.54. The molecule has 0 aliphatic carbocycles. The van der Waals surface area contributed by atoms with Crippen LogP contribution >= 0.6 is 0 Å². The number of nitrogens with zero attached hydrogens (tertiary/aromatic N) is 6. The van der Waals surface area contributed by atoms with Crippen molar-refractivity contribution >= 4 is 54.9 Å². The first-order valence-electron chi connectivity index (χ1n) is 12.3. The molecule has 0 N–H and O–H groups in total. The molecule has 6 aromatic rings. The van der Waals surface area contributed by atoms with Crippen molar-refractivity contribution in [1.29, 1.82) is 0 Å². The molecule has 4 aromatic heterocycles. The SMILES string of the molecule is COc1ccc2c(c1)c1nc3c4cccnc4c4ncccc4c3nc1n2CCN1CCCCC1. The molecule has 1 saturated heterocycles. The second-order valence-electron chi connectivity index (χ2n) is 9.33. The third-order valence-electron chi connectivity index (χ3n) is 7.32. The Labute approximate surface area is 202 Å². The summed E-state index contributed by atoms with van der Waals surface area (Å²) in [5.41, 5.74) is 6.40. The van der Waals surface area contributed by atoms with Crippen LogP contribution in [0.15, 0.2) is 54.9 Å². The van der Waals surface area contributed by atoms with Crippen LogP contribution in [-0.2, 0) is 6.54 Å². The van der Waals surface area contributed by atoms with Crippen molar-refractivity contribution < 1.29 is 4.74 Å². The predicted molar refractivity (Wildman–Crippen MR) is 140 cm³/mol. The number of aromatic nitrogens is 5. The third kappa shape index (κ3) is 3.22. The topological polar surface area (TPSA) is 69.0 Å². The molecule has 2 aromatic carbocycles. The molecule has 0 unspecified atom stereocenters. The highest BCUT2D eigenvalue weighted by molar-refractivity contribution is 6.22. The number of methoxy groups -OCH3 is 1. The number of benzene rings is 2. The van der Waals surface area contributed by atoms with Crippen molar-refractivity contribution in [3.8, 4) is 5.75 Å². The van der Waals surface area contributed by atoms with Gasteiger partial charge in [-0.2, -0.15) is 0 Å². The van der Waals surface area contributed by atoms with E-state index in [4.69, 9.17) is 14.7 Å². The van der Waals surface area contributed by atoms with Gasteiger partial charge < -0.3 is 14.2 Å². The molecular formula is C28H26N6O. The van der Waals surface area contributed by atoms with Crippen molar-refractivity contribution in [3.63, 3.8) is 0 Å². The highest BCUT2D eigenvalue weighted by Crippen LogP contribution is 2.35. The third-order valence-corrected chi connectivity index (χ3v) is 7.32. The molecule has 5 heterocycles. The number of fused-ring (bicyclic) bond motifs is 9. The maximum Gasteiger partial charge on any atom is 0.160 e. The Morgan fingerprint density at radius 1 is 0.743 bits per heavy atom. The zero-order valence-electron chi connectivity index (χ0n) is 19.7. The van der Waals surface area contributed by atoms with Crippen LogP contribution in [0.25, 0.3) is 54.9 Å². The molecule has 0 bridgehead atoms. The first-order valence-corrected chi connectivity index (χ1v) is 12.3. The fourth-order valence-corrected chi connectivity index (χ4v) is 5.57. The molecule has 0 radical (unpaired) electrons.